The number of rotatable bonds is 7. The lowest BCUT2D eigenvalue weighted by Gasteiger charge is -2.09. The van der Waals surface area contributed by atoms with Crippen molar-refractivity contribution in [1.82, 2.24) is 0 Å². The molecule has 0 saturated heterocycles. The Morgan fingerprint density at radius 1 is 1.29 bits per heavy atom. The molecule has 96 valence electrons. The van der Waals surface area contributed by atoms with Crippen LogP contribution in [0.1, 0.15) is 13.8 Å². The van der Waals surface area contributed by atoms with Crippen LogP contribution in [0.25, 0.3) is 0 Å². The summed E-state index contributed by atoms with van der Waals surface area (Å²) < 4.78 is 22.5. The number of hydrogen-bond donors (Lipinski definition) is 1. The van der Waals surface area contributed by atoms with Gasteiger partial charge < -0.3 is 15.2 Å². The van der Waals surface area contributed by atoms with Gasteiger partial charge in [0.15, 0.2) is 0 Å². The lowest BCUT2D eigenvalue weighted by molar-refractivity contribution is 0.164. The van der Waals surface area contributed by atoms with Crippen molar-refractivity contribution in [3.8, 4) is 5.75 Å². The summed E-state index contributed by atoms with van der Waals surface area (Å²) in [5, 5.41) is 0. The predicted octanol–water partition coefficient (Wildman–Crippen LogP) is 1.81. The van der Waals surface area contributed by atoms with E-state index < -0.39 is 10.8 Å². The minimum atomic E-state index is -1.14. The van der Waals surface area contributed by atoms with Gasteiger partial charge in [-0.25, -0.2) is 0 Å². The Bertz CT molecular complexity index is 382. The quantitative estimate of drug-likeness (QED) is 0.598. The minimum absolute atomic E-state index is 0.452. The van der Waals surface area contributed by atoms with Crippen molar-refractivity contribution in [2.75, 3.05) is 31.3 Å². The third-order valence-corrected chi connectivity index (χ3v) is 3.54. The van der Waals surface area contributed by atoms with Crippen molar-refractivity contribution in [2.24, 2.45) is 0 Å². The lowest BCUT2D eigenvalue weighted by atomic mass is 10.3. The number of ether oxygens (including phenoxy) is 2. The molecule has 0 spiro atoms. The van der Waals surface area contributed by atoms with Crippen LogP contribution in [0.5, 0.6) is 5.75 Å². The molecule has 0 aliphatic carbocycles. The van der Waals surface area contributed by atoms with Crippen LogP contribution >= 0.6 is 0 Å². The Morgan fingerprint density at radius 2 is 2.06 bits per heavy atom. The fraction of sp³-hybridized carbons (Fsp3) is 0.500. The Morgan fingerprint density at radius 3 is 2.71 bits per heavy atom. The maximum Gasteiger partial charge on any atom is 0.120 e. The first-order chi connectivity index (χ1) is 8.19. The van der Waals surface area contributed by atoms with Crippen molar-refractivity contribution in [2.45, 2.75) is 18.7 Å². The fourth-order valence-corrected chi connectivity index (χ4v) is 2.42. The molecule has 2 N–H and O–H groups in total. The van der Waals surface area contributed by atoms with Crippen molar-refractivity contribution in [1.29, 1.82) is 0 Å². The van der Waals surface area contributed by atoms with Crippen molar-refractivity contribution in [3.63, 3.8) is 0 Å². The lowest BCUT2D eigenvalue weighted by Crippen LogP contribution is -2.08. The zero-order chi connectivity index (χ0) is 12.7. The molecule has 0 amide bonds. The SMILES string of the molecule is CCOCCS(=O)c1cc(OCC)ccc1N. The molecule has 1 aromatic rings. The van der Waals surface area contributed by atoms with Gasteiger partial charge in [0.1, 0.15) is 5.75 Å². The van der Waals surface area contributed by atoms with E-state index in [0.29, 0.717) is 41.9 Å². The van der Waals surface area contributed by atoms with Gasteiger partial charge in [-0.1, -0.05) is 0 Å². The number of nitrogens with two attached hydrogens (primary N) is 1. The Kier molecular flexibility index (Phi) is 6.00. The maximum atomic E-state index is 12.0. The van der Waals surface area contributed by atoms with Gasteiger partial charge in [-0.15, -0.1) is 0 Å². The van der Waals surface area contributed by atoms with Gasteiger partial charge in [0.05, 0.1) is 34.7 Å². The zero-order valence-corrected chi connectivity index (χ0v) is 11.1. The van der Waals surface area contributed by atoms with Gasteiger partial charge in [-0.3, -0.25) is 4.21 Å². The van der Waals surface area contributed by atoms with E-state index in [1.807, 2.05) is 13.8 Å². The molecule has 0 bridgehead atoms. The molecule has 1 atom stereocenters. The van der Waals surface area contributed by atoms with Crippen LogP contribution in [0.3, 0.4) is 0 Å². The second-order valence-electron chi connectivity index (χ2n) is 3.38. The summed E-state index contributed by atoms with van der Waals surface area (Å²) >= 11 is 0. The molecule has 1 aromatic carbocycles. The average molecular weight is 257 g/mol. The molecule has 1 rings (SSSR count). The average Bonchev–Trinajstić information content (AvgIpc) is 2.32. The largest absolute Gasteiger partial charge is 0.494 e. The van der Waals surface area contributed by atoms with E-state index >= 15 is 0 Å². The minimum Gasteiger partial charge on any atom is -0.494 e. The van der Waals surface area contributed by atoms with Crippen LogP contribution in [-0.2, 0) is 15.5 Å². The highest BCUT2D eigenvalue weighted by atomic mass is 32.2. The first-order valence-electron chi connectivity index (χ1n) is 5.67. The summed E-state index contributed by atoms with van der Waals surface area (Å²) in [7, 11) is -1.14. The third-order valence-electron chi connectivity index (χ3n) is 2.16. The number of hydrogen-bond acceptors (Lipinski definition) is 4. The number of nitrogen functional groups attached to an aromatic ring is 1. The van der Waals surface area contributed by atoms with Gasteiger partial charge in [0.25, 0.3) is 0 Å². The van der Waals surface area contributed by atoms with E-state index in [-0.39, 0.29) is 0 Å². The molecule has 4 nitrogen and oxygen atoms in total. The fourth-order valence-electron chi connectivity index (χ4n) is 1.36. The maximum absolute atomic E-state index is 12.0. The third kappa shape index (κ3) is 4.36. The normalized spacial score (nSPS) is 12.4. The van der Waals surface area contributed by atoms with Crippen molar-refractivity contribution >= 4 is 16.5 Å². The molecule has 17 heavy (non-hydrogen) atoms. The predicted molar refractivity (Wildman–Crippen MR) is 69.8 cm³/mol. The molecule has 0 saturated carbocycles. The summed E-state index contributed by atoms with van der Waals surface area (Å²) in [6.45, 7) is 5.50. The summed E-state index contributed by atoms with van der Waals surface area (Å²) in [5.41, 5.74) is 6.33. The smallest absolute Gasteiger partial charge is 0.120 e. The molecule has 1 unspecified atom stereocenters. The van der Waals surface area contributed by atoms with Gasteiger partial charge in [-0.05, 0) is 32.0 Å². The number of benzene rings is 1. The van der Waals surface area contributed by atoms with Crippen molar-refractivity contribution < 1.29 is 13.7 Å². The Balaban J connectivity index is 2.73. The molecule has 0 fully saturated rings. The summed E-state index contributed by atoms with van der Waals surface area (Å²) in [4.78, 5) is 0.621. The second-order valence-corrected chi connectivity index (χ2v) is 4.92. The van der Waals surface area contributed by atoms with E-state index in [2.05, 4.69) is 0 Å². The van der Waals surface area contributed by atoms with Crippen LogP contribution in [0.2, 0.25) is 0 Å². The highest BCUT2D eigenvalue weighted by Gasteiger charge is 2.09. The molecule has 0 heterocycles. The second kappa shape index (κ2) is 7.29. The standard InChI is InChI=1S/C12H19NO3S/c1-3-15-7-8-17(14)12-9-10(16-4-2)5-6-11(12)13/h5-6,9H,3-4,7-8,13H2,1-2H3. The number of anilines is 1. The summed E-state index contributed by atoms with van der Waals surface area (Å²) in [5.74, 6) is 1.15. The molecule has 0 aromatic heterocycles. The van der Waals surface area contributed by atoms with E-state index in [4.69, 9.17) is 15.2 Å². The Labute approximate surface area is 105 Å². The van der Waals surface area contributed by atoms with Crippen LogP contribution in [-0.4, -0.2) is 29.8 Å². The summed E-state index contributed by atoms with van der Waals surface area (Å²) in [6, 6.07) is 5.24. The molecule has 5 heteroatoms. The molecule has 0 aliphatic heterocycles. The summed E-state index contributed by atoms with van der Waals surface area (Å²) in [6.07, 6.45) is 0. The molecule has 0 radical (unpaired) electrons. The van der Waals surface area contributed by atoms with E-state index in [0.717, 1.165) is 0 Å². The van der Waals surface area contributed by atoms with E-state index in [1.54, 1.807) is 18.2 Å². The molecular formula is C12H19NO3S. The van der Waals surface area contributed by atoms with Crippen molar-refractivity contribution in [3.05, 3.63) is 18.2 Å². The molecule has 0 aliphatic rings. The zero-order valence-electron chi connectivity index (χ0n) is 10.3. The first-order valence-corrected chi connectivity index (χ1v) is 6.99. The van der Waals surface area contributed by atoms with E-state index in [9.17, 15) is 4.21 Å². The van der Waals surface area contributed by atoms with Crippen LogP contribution in [0.4, 0.5) is 5.69 Å². The Hall–Kier alpha value is -1.07. The highest BCUT2D eigenvalue weighted by molar-refractivity contribution is 7.85. The highest BCUT2D eigenvalue weighted by Crippen LogP contribution is 2.23. The first kappa shape index (κ1) is 14.0. The monoisotopic (exact) mass is 257 g/mol. The topological polar surface area (TPSA) is 61.5 Å². The van der Waals surface area contributed by atoms with Gasteiger partial charge in [0, 0.05) is 12.3 Å². The van der Waals surface area contributed by atoms with Gasteiger partial charge in [-0.2, -0.15) is 0 Å². The van der Waals surface area contributed by atoms with Crippen LogP contribution in [0.15, 0.2) is 23.1 Å². The van der Waals surface area contributed by atoms with Gasteiger partial charge >= 0.3 is 0 Å². The van der Waals surface area contributed by atoms with Crippen LogP contribution < -0.4 is 10.5 Å². The molecular weight excluding hydrogens is 238 g/mol. The van der Waals surface area contributed by atoms with E-state index in [1.165, 1.54) is 0 Å². The van der Waals surface area contributed by atoms with Crippen LogP contribution in [0, 0.1) is 0 Å². The van der Waals surface area contributed by atoms with Gasteiger partial charge in [0.2, 0.25) is 0 Å².